The maximum absolute atomic E-state index is 12.7. The minimum Gasteiger partial charge on any atom is -0.293 e. The van der Waals surface area contributed by atoms with Gasteiger partial charge in [0.2, 0.25) is 5.95 Å². The molecule has 0 aliphatic carbocycles. The number of nitrogens with zero attached hydrogens (tertiary/aromatic N) is 2. The average molecular weight is 378 g/mol. The van der Waals surface area contributed by atoms with Gasteiger partial charge in [-0.15, -0.1) is 0 Å². The molecule has 0 aliphatic rings. The van der Waals surface area contributed by atoms with Gasteiger partial charge in [-0.3, -0.25) is 10.2 Å². The molecule has 5 nitrogen and oxygen atoms in total. The molecule has 3 rings (SSSR count). The molecule has 100 valence electrons. The Bertz CT molecular complexity index is 830. The highest BCUT2D eigenvalue weighted by Gasteiger charge is 2.11. The first kappa shape index (κ1) is 13.1. The van der Waals surface area contributed by atoms with Crippen molar-refractivity contribution in [2.24, 2.45) is 5.84 Å². The summed E-state index contributed by atoms with van der Waals surface area (Å²) in [5.41, 5.74) is 3.69. The number of hydrogen-bond donors (Lipinski definition) is 2. The highest BCUT2D eigenvalue weighted by molar-refractivity contribution is 14.1. The van der Waals surface area contributed by atoms with E-state index in [9.17, 15) is 4.79 Å². The van der Waals surface area contributed by atoms with Crippen molar-refractivity contribution in [3.8, 4) is 5.69 Å². The van der Waals surface area contributed by atoms with E-state index in [1.54, 1.807) is 0 Å². The quantitative estimate of drug-likeness (QED) is 0.408. The number of rotatable bonds is 2. The predicted octanol–water partition coefficient (Wildman–Crippen LogP) is 2.28. The minimum atomic E-state index is -0.146. The Labute approximate surface area is 128 Å². The van der Waals surface area contributed by atoms with Crippen molar-refractivity contribution in [2.75, 3.05) is 5.43 Å². The lowest BCUT2D eigenvalue weighted by Gasteiger charge is -2.12. The summed E-state index contributed by atoms with van der Waals surface area (Å²) in [6.45, 7) is 0. The highest BCUT2D eigenvalue weighted by Crippen LogP contribution is 2.17. The Kier molecular flexibility index (Phi) is 3.41. The molecule has 3 N–H and O–H groups in total. The summed E-state index contributed by atoms with van der Waals surface area (Å²) in [6, 6.07) is 14.8. The van der Waals surface area contributed by atoms with E-state index in [1.165, 1.54) is 4.57 Å². The van der Waals surface area contributed by atoms with Crippen molar-refractivity contribution < 1.29 is 0 Å². The number of nitrogen functional groups attached to an aromatic ring is 1. The molecule has 0 aliphatic heterocycles. The van der Waals surface area contributed by atoms with Gasteiger partial charge in [0.25, 0.3) is 5.56 Å². The fourth-order valence-electron chi connectivity index (χ4n) is 2.07. The summed E-state index contributed by atoms with van der Waals surface area (Å²) < 4.78 is 2.46. The third-order valence-corrected chi connectivity index (χ3v) is 3.64. The maximum Gasteiger partial charge on any atom is 0.267 e. The zero-order valence-corrected chi connectivity index (χ0v) is 12.5. The summed E-state index contributed by atoms with van der Waals surface area (Å²) >= 11 is 2.17. The SMILES string of the molecule is NNc1nc2ccc(I)cc2c(=O)n1-c1ccccc1. The Morgan fingerprint density at radius 2 is 1.90 bits per heavy atom. The normalized spacial score (nSPS) is 10.7. The molecule has 0 atom stereocenters. The molecule has 0 fully saturated rings. The molecular formula is C14H11IN4O. The molecule has 0 bridgehead atoms. The smallest absolute Gasteiger partial charge is 0.267 e. The molecular weight excluding hydrogens is 367 g/mol. The first-order valence-corrected chi connectivity index (χ1v) is 7.03. The molecule has 0 saturated carbocycles. The molecule has 0 spiro atoms. The van der Waals surface area contributed by atoms with Gasteiger partial charge in [0.15, 0.2) is 0 Å². The lowest BCUT2D eigenvalue weighted by atomic mass is 10.2. The lowest BCUT2D eigenvalue weighted by molar-refractivity contribution is 0.955. The van der Waals surface area contributed by atoms with Crippen LogP contribution in [0.15, 0.2) is 53.3 Å². The summed E-state index contributed by atoms with van der Waals surface area (Å²) in [6.07, 6.45) is 0. The van der Waals surface area contributed by atoms with Crippen molar-refractivity contribution >= 4 is 39.4 Å². The summed E-state index contributed by atoms with van der Waals surface area (Å²) in [4.78, 5) is 17.1. The van der Waals surface area contributed by atoms with Gasteiger partial charge >= 0.3 is 0 Å². The van der Waals surface area contributed by atoms with Crippen LogP contribution in [-0.4, -0.2) is 9.55 Å². The van der Waals surface area contributed by atoms with E-state index in [4.69, 9.17) is 5.84 Å². The van der Waals surface area contributed by atoms with Crippen LogP contribution in [0.1, 0.15) is 0 Å². The van der Waals surface area contributed by atoms with Crippen LogP contribution in [0.4, 0.5) is 5.95 Å². The topological polar surface area (TPSA) is 72.9 Å². The maximum atomic E-state index is 12.7. The third kappa shape index (κ3) is 2.16. The summed E-state index contributed by atoms with van der Waals surface area (Å²) in [7, 11) is 0. The number of anilines is 1. The Morgan fingerprint density at radius 1 is 1.15 bits per heavy atom. The highest BCUT2D eigenvalue weighted by atomic mass is 127. The minimum absolute atomic E-state index is 0.146. The van der Waals surface area contributed by atoms with E-state index in [1.807, 2.05) is 48.5 Å². The zero-order valence-electron chi connectivity index (χ0n) is 10.4. The standard InChI is InChI=1S/C14H11IN4O/c15-9-6-7-12-11(8-9)13(20)19(14(17-12)18-16)10-4-2-1-3-5-10/h1-8H,16H2,(H,17,18). The van der Waals surface area contributed by atoms with Gasteiger partial charge in [0, 0.05) is 3.57 Å². The first-order chi connectivity index (χ1) is 9.70. The second-order valence-corrected chi connectivity index (χ2v) is 5.46. The fraction of sp³-hybridized carbons (Fsp3) is 0. The van der Waals surface area contributed by atoms with E-state index in [0.717, 1.165) is 9.26 Å². The predicted molar refractivity (Wildman–Crippen MR) is 87.9 cm³/mol. The van der Waals surface area contributed by atoms with Crippen molar-refractivity contribution in [2.45, 2.75) is 0 Å². The van der Waals surface area contributed by atoms with Crippen LogP contribution >= 0.6 is 22.6 Å². The molecule has 20 heavy (non-hydrogen) atoms. The number of aromatic nitrogens is 2. The van der Waals surface area contributed by atoms with Gasteiger partial charge in [0.1, 0.15) is 0 Å². The van der Waals surface area contributed by atoms with Gasteiger partial charge in [-0.1, -0.05) is 18.2 Å². The van der Waals surface area contributed by atoms with Crippen LogP contribution in [0.3, 0.4) is 0 Å². The Balaban J connectivity index is 2.41. The van der Waals surface area contributed by atoms with Gasteiger partial charge in [-0.25, -0.2) is 15.4 Å². The molecule has 0 unspecified atom stereocenters. The number of benzene rings is 2. The number of halogens is 1. The van der Waals surface area contributed by atoms with Crippen molar-refractivity contribution in [3.05, 3.63) is 62.5 Å². The summed E-state index contributed by atoms with van der Waals surface area (Å²) in [5.74, 6) is 5.82. The van der Waals surface area contributed by atoms with E-state index >= 15 is 0 Å². The van der Waals surface area contributed by atoms with Crippen LogP contribution in [-0.2, 0) is 0 Å². The molecule has 0 radical (unpaired) electrons. The second kappa shape index (κ2) is 5.22. The monoisotopic (exact) mass is 378 g/mol. The van der Waals surface area contributed by atoms with E-state index < -0.39 is 0 Å². The van der Waals surface area contributed by atoms with E-state index in [2.05, 4.69) is 33.0 Å². The Morgan fingerprint density at radius 3 is 2.60 bits per heavy atom. The lowest BCUT2D eigenvalue weighted by Crippen LogP contribution is -2.26. The third-order valence-electron chi connectivity index (χ3n) is 2.97. The number of hydrogen-bond acceptors (Lipinski definition) is 4. The van der Waals surface area contributed by atoms with Crippen LogP contribution in [0.25, 0.3) is 16.6 Å². The summed E-state index contributed by atoms with van der Waals surface area (Å²) in [5, 5.41) is 0.569. The molecule has 6 heteroatoms. The van der Waals surface area contributed by atoms with E-state index in [0.29, 0.717) is 16.9 Å². The number of para-hydroxylation sites is 1. The van der Waals surface area contributed by atoms with Crippen molar-refractivity contribution in [1.29, 1.82) is 0 Å². The number of fused-ring (bicyclic) bond motifs is 1. The Hall–Kier alpha value is -1.93. The molecule has 0 saturated heterocycles. The zero-order chi connectivity index (χ0) is 14.1. The van der Waals surface area contributed by atoms with Gasteiger partial charge < -0.3 is 0 Å². The molecule has 1 heterocycles. The molecule has 0 amide bonds. The first-order valence-electron chi connectivity index (χ1n) is 5.95. The largest absolute Gasteiger partial charge is 0.293 e. The van der Waals surface area contributed by atoms with Crippen LogP contribution in [0.5, 0.6) is 0 Å². The molecule has 3 aromatic rings. The molecule has 1 aromatic heterocycles. The number of nitrogens with one attached hydrogen (secondary N) is 1. The van der Waals surface area contributed by atoms with Crippen LogP contribution < -0.4 is 16.8 Å². The van der Waals surface area contributed by atoms with Gasteiger partial charge in [-0.2, -0.15) is 0 Å². The van der Waals surface area contributed by atoms with Crippen molar-refractivity contribution in [1.82, 2.24) is 9.55 Å². The van der Waals surface area contributed by atoms with E-state index in [-0.39, 0.29) is 5.56 Å². The fourth-order valence-corrected chi connectivity index (χ4v) is 2.56. The van der Waals surface area contributed by atoms with Crippen LogP contribution in [0.2, 0.25) is 0 Å². The van der Waals surface area contributed by atoms with Crippen LogP contribution in [0, 0.1) is 3.57 Å². The van der Waals surface area contributed by atoms with Gasteiger partial charge in [0.05, 0.1) is 16.6 Å². The van der Waals surface area contributed by atoms with Crippen molar-refractivity contribution in [3.63, 3.8) is 0 Å². The van der Waals surface area contributed by atoms with Gasteiger partial charge in [-0.05, 0) is 52.9 Å². The number of nitrogens with two attached hydrogens (primary N) is 1. The average Bonchev–Trinajstić information content (AvgIpc) is 2.48. The molecule has 2 aromatic carbocycles. The number of hydrazine groups is 1. The second-order valence-electron chi connectivity index (χ2n) is 4.22.